The van der Waals surface area contributed by atoms with E-state index in [-0.39, 0.29) is 24.1 Å². The second kappa shape index (κ2) is 7.93. The molecule has 136 valence electrons. The van der Waals surface area contributed by atoms with E-state index in [1.54, 1.807) is 24.1 Å². The lowest BCUT2D eigenvalue weighted by molar-refractivity contribution is -0.128. The maximum atomic E-state index is 13.6. The van der Waals surface area contributed by atoms with Crippen LogP contribution in [0.2, 0.25) is 0 Å². The number of rotatable bonds is 5. The highest BCUT2D eigenvalue weighted by Crippen LogP contribution is 2.37. The number of nitrogens with one attached hydrogen (secondary N) is 1. The van der Waals surface area contributed by atoms with Gasteiger partial charge in [0.25, 0.3) is 0 Å². The molecule has 1 aromatic rings. The summed E-state index contributed by atoms with van der Waals surface area (Å²) in [4.78, 5) is 28.5. The van der Waals surface area contributed by atoms with Crippen LogP contribution in [0.15, 0.2) is 24.3 Å². The first-order chi connectivity index (χ1) is 12.1. The number of carbonyl (C=O) groups excluding carboxylic acids is 2. The van der Waals surface area contributed by atoms with Crippen LogP contribution in [0, 0.1) is 11.7 Å². The Balaban J connectivity index is 1.62. The van der Waals surface area contributed by atoms with Crippen molar-refractivity contribution >= 4 is 11.8 Å². The van der Waals surface area contributed by atoms with Crippen molar-refractivity contribution in [2.45, 2.75) is 12.5 Å². The zero-order valence-electron chi connectivity index (χ0n) is 14.4. The maximum absolute atomic E-state index is 13.6. The van der Waals surface area contributed by atoms with Gasteiger partial charge in [-0.05, 0) is 17.7 Å². The molecule has 6 nitrogen and oxygen atoms in total. The predicted octanol–water partition coefficient (Wildman–Crippen LogP) is 0.794. The van der Waals surface area contributed by atoms with E-state index >= 15 is 0 Å². The number of nitrogens with zero attached hydrogens (tertiary/aromatic N) is 2. The number of likely N-dealkylation sites (tertiary alicyclic amines) is 1. The van der Waals surface area contributed by atoms with Crippen molar-refractivity contribution in [1.82, 2.24) is 15.1 Å². The van der Waals surface area contributed by atoms with Crippen LogP contribution in [0.25, 0.3) is 0 Å². The SMILES string of the molecule is CN1C(=O)C[C@H](C(=O)NCCN2CCOCC2)[C@@H]1c1cccc(F)c1. The molecule has 0 aliphatic carbocycles. The lowest BCUT2D eigenvalue weighted by Gasteiger charge is -2.27. The lowest BCUT2D eigenvalue weighted by atomic mass is 9.93. The number of hydrogen-bond acceptors (Lipinski definition) is 4. The molecule has 2 aliphatic rings. The quantitative estimate of drug-likeness (QED) is 0.854. The highest BCUT2D eigenvalue weighted by molar-refractivity contribution is 5.90. The second-order valence-electron chi connectivity index (χ2n) is 6.56. The first-order valence-corrected chi connectivity index (χ1v) is 8.65. The van der Waals surface area contributed by atoms with Gasteiger partial charge in [-0.15, -0.1) is 0 Å². The number of benzene rings is 1. The van der Waals surface area contributed by atoms with Crippen LogP contribution >= 0.6 is 0 Å². The van der Waals surface area contributed by atoms with Crippen molar-refractivity contribution in [3.8, 4) is 0 Å². The van der Waals surface area contributed by atoms with Gasteiger partial charge in [0.2, 0.25) is 11.8 Å². The summed E-state index contributed by atoms with van der Waals surface area (Å²) < 4.78 is 18.9. The van der Waals surface area contributed by atoms with Crippen molar-refractivity contribution in [3.05, 3.63) is 35.6 Å². The summed E-state index contributed by atoms with van der Waals surface area (Å²) in [7, 11) is 1.67. The van der Waals surface area contributed by atoms with E-state index in [4.69, 9.17) is 4.74 Å². The topological polar surface area (TPSA) is 61.9 Å². The third kappa shape index (κ3) is 4.16. The molecule has 2 atom stereocenters. The van der Waals surface area contributed by atoms with E-state index in [0.717, 1.165) is 32.8 Å². The molecule has 0 spiro atoms. The Morgan fingerprint density at radius 2 is 2.12 bits per heavy atom. The summed E-state index contributed by atoms with van der Waals surface area (Å²) in [5.41, 5.74) is 0.654. The number of hydrogen-bond donors (Lipinski definition) is 1. The summed E-state index contributed by atoms with van der Waals surface area (Å²) in [5, 5.41) is 2.93. The van der Waals surface area contributed by atoms with E-state index in [9.17, 15) is 14.0 Å². The van der Waals surface area contributed by atoms with Gasteiger partial charge < -0.3 is 15.0 Å². The highest BCUT2D eigenvalue weighted by atomic mass is 19.1. The summed E-state index contributed by atoms with van der Waals surface area (Å²) in [6.07, 6.45) is 0.154. The molecule has 2 amide bonds. The van der Waals surface area contributed by atoms with Crippen LogP contribution in [0.1, 0.15) is 18.0 Å². The monoisotopic (exact) mass is 349 g/mol. The van der Waals surface area contributed by atoms with Gasteiger partial charge >= 0.3 is 0 Å². The molecule has 2 fully saturated rings. The Hall–Kier alpha value is -1.99. The average molecular weight is 349 g/mol. The number of ether oxygens (including phenoxy) is 1. The van der Waals surface area contributed by atoms with Gasteiger partial charge in [-0.25, -0.2) is 4.39 Å². The van der Waals surface area contributed by atoms with Crippen LogP contribution in [0.4, 0.5) is 4.39 Å². The zero-order valence-corrected chi connectivity index (χ0v) is 14.4. The maximum Gasteiger partial charge on any atom is 0.226 e. The van der Waals surface area contributed by atoms with Gasteiger partial charge in [0.15, 0.2) is 0 Å². The van der Waals surface area contributed by atoms with E-state index in [1.165, 1.54) is 12.1 Å². The largest absolute Gasteiger partial charge is 0.379 e. The normalized spacial score (nSPS) is 24.6. The molecular formula is C18H24FN3O3. The minimum Gasteiger partial charge on any atom is -0.379 e. The summed E-state index contributed by atoms with van der Waals surface area (Å²) in [6, 6.07) is 5.70. The predicted molar refractivity (Wildman–Crippen MR) is 90.3 cm³/mol. The third-order valence-electron chi connectivity index (χ3n) is 4.94. The number of carbonyl (C=O) groups is 2. The van der Waals surface area contributed by atoms with E-state index in [2.05, 4.69) is 10.2 Å². The first-order valence-electron chi connectivity index (χ1n) is 8.65. The minimum absolute atomic E-state index is 0.0948. The Morgan fingerprint density at radius 1 is 1.36 bits per heavy atom. The molecule has 0 unspecified atom stereocenters. The summed E-state index contributed by atoms with van der Waals surface area (Å²) >= 11 is 0. The van der Waals surface area contributed by atoms with Gasteiger partial charge in [-0.3, -0.25) is 14.5 Å². The third-order valence-corrected chi connectivity index (χ3v) is 4.94. The number of amides is 2. The molecule has 2 saturated heterocycles. The zero-order chi connectivity index (χ0) is 17.8. The summed E-state index contributed by atoms with van der Waals surface area (Å²) in [6.45, 7) is 4.47. The molecule has 2 heterocycles. The molecule has 25 heavy (non-hydrogen) atoms. The molecular weight excluding hydrogens is 325 g/mol. The fourth-order valence-electron chi connectivity index (χ4n) is 3.54. The number of halogens is 1. The molecule has 0 radical (unpaired) electrons. The minimum atomic E-state index is -0.496. The van der Waals surface area contributed by atoms with Crippen LogP contribution in [-0.2, 0) is 14.3 Å². The van der Waals surface area contributed by atoms with Gasteiger partial charge in [-0.1, -0.05) is 12.1 Å². The van der Waals surface area contributed by atoms with E-state index in [1.807, 2.05) is 0 Å². The van der Waals surface area contributed by atoms with Gasteiger partial charge in [-0.2, -0.15) is 0 Å². The fraction of sp³-hybridized carbons (Fsp3) is 0.556. The van der Waals surface area contributed by atoms with Crippen LogP contribution in [0.5, 0.6) is 0 Å². The van der Waals surface area contributed by atoms with Crippen LogP contribution in [-0.4, -0.2) is 68.1 Å². The molecule has 3 rings (SSSR count). The standard InChI is InChI=1S/C18H24FN3O3/c1-21-16(23)12-15(17(21)13-3-2-4-14(19)11-13)18(24)20-5-6-22-7-9-25-10-8-22/h2-4,11,15,17H,5-10,12H2,1H3,(H,20,24)/t15-,17-/m0/s1. The van der Waals surface area contributed by atoms with Gasteiger partial charge in [0.05, 0.1) is 25.2 Å². The van der Waals surface area contributed by atoms with Crippen molar-refractivity contribution in [2.24, 2.45) is 5.92 Å². The number of morpholine rings is 1. The van der Waals surface area contributed by atoms with Gasteiger partial charge in [0.1, 0.15) is 5.82 Å². The second-order valence-corrected chi connectivity index (χ2v) is 6.56. The van der Waals surface area contributed by atoms with Crippen molar-refractivity contribution < 1.29 is 18.7 Å². The molecule has 2 aliphatic heterocycles. The molecule has 1 aromatic carbocycles. The first kappa shape index (κ1) is 17.8. The molecule has 1 N–H and O–H groups in total. The fourth-order valence-corrected chi connectivity index (χ4v) is 3.54. The lowest BCUT2D eigenvalue weighted by Crippen LogP contribution is -2.43. The van der Waals surface area contributed by atoms with Crippen molar-refractivity contribution in [1.29, 1.82) is 0 Å². The Kier molecular flexibility index (Phi) is 5.65. The molecule has 7 heteroatoms. The van der Waals surface area contributed by atoms with Crippen molar-refractivity contribution in [3.63, 3.8) is 0 Å². The average Bonchev–Trinajstić information content (AvgIpc) is 2.91. The van der Waals surface area contributed by atoms with Crippen LogP contribution in [0.3, 0.4) is 0 Å². The highest BCUT2D eigenvalue weighted by Gasteiger charge is 2.42. The van der Waals surface area contributed by atoms with E-state index < -0.39 is 12.0 Å². The van der Waals surface area contributed by atoms with Gasteiger partial charge in [0, 0.05) is 39.6 Å². The smallest absolute Gasteiger partial charge is 0.226 e. The Morgan fingerprint density at radius 3 is 2.84 bits per heavy atom. The van der Waals surface area contributed by atoms with Crippen molar-refractivity contribution in [2.75, 3.05) is 46.4 Å². The molecule has 0 saturated carbocycles. The van der Waals surface area contributed by atoms with Crippen LogP contribution < -0.4 is 5.32 Å². The van der Waals surface area contributed by atoms with E-state index in [0.29, 0.717) is 12.1 Å². The molecule has 0 aromatic heterocycles. The Labute approximate surface area is 146 Å². The molecule has 0 bridgehead atoms. The summed E-state index contributed by atoms with van der Waals surface area (Å²) in [5.74, 6) is -1.11. The Bertz CT molecular complexity index is 634.